The van der Waals surface area contributed by atoms with Crippen LogP contribution in [0, 0.1) is 0 Å². The van der Waals surface area contributed by atoms with Crippen molar-refractivity contribution in [3.05, 3.63) is 28.5 Å². The van der Waals surface area contributed by atoms with Gasteiger partial charge in [-0.1, -0.05) is 22.9 Å². The fourth-order valence-electron chi connectivity index (χ4n) is 2.27. The molecule has 2 rings (SSSR count). The third-order valence-corrected chi connectivity index (χ3v) is 3.81. The minimum absolute atomic E-state index is 0.152. The molecule has 6 heteroatoms. The molecule has 0 radical (unpaired) electrons. The number of hydrogen-bond acceptors (Lipinski definition) is 3. The Labute approximate surface area is 139 Å². The van der Waals surface area contributed by atoms with Crippen LogP contribution >= 0.6 is 15.9 Å². The molecule has 1 aromatic carbocycles. The number of aromatic nitrogens is 2. The fourth-order valence-corrected chi connectivity index (χ4v) is 2.63. The van der Waals surface area contributed by atoms with E-state index >= 15 is 0 Å². The first-order chi connectivity index (χ1) is 10.2. The molecule has 1 heterocycles. The predicted octanol–water partition coefficient (Wildman–Crippen LogP) is 4.64. The quantitative estimate of drug-likeness (QED) is 0.858. The van der Waals surface area contributed by atoms with Crippen LogP contribution < -0.4 is 0 Å². The maximum absolute atomic E-state index is 12.3. The molecule has 1 amide bonds. The Morgan fingerprint density at radius 3 is 2.73 bits per heavy atom. The lowest BCUT2D eigenvalue weighted by molar-refractivity contribution is 0.0209. The van der Waals surface area contributed by atoms with Gasteiger partial charge in [-0.15, -0.1) is 0 Å². The van der Waals surface area contributed by atoms with Gasteiger partial charge in [0.25, 0.3) is 0 Å². The molecule has 1 atom stereocenters. The molecule has 22 heavy (non-hydrogen) atoms. The zero-order chi connectivity index (χ0) is 16.5. The minimum atomic E-state index is -0.512. The molecule has 0 aliphatic carbocycles. The van der Waals surface area contributed by atoms with Crippen molar-refractivity contribution in [2.24, 2.45) is 0 Å². The molecule has 0 spiro atoms. The number of ether oxygens (including phenoxy) is 1. The Balaban J connectivity index is 2.27. The molecule has 0 saturated carbocycles. The number of amides is 1. The third-order valence-electron chi connectivity index (χ3n) is 3.31. The molecule has 120 valence electrons. The SMILES string of the molecule is CCC(c1nc2ccc(Br)cc2[nH]1)N(C)C(=O)OC(C)(C)C. The maximum Gasteiger partial charge on any atom is 0.410 e. The van der Waals surface area contributed by atoms with Crippen molar-refractivity contribution in [1.29, 1.82) is 0 Å². The Morgan fingerprint density at radius 2 is 2.14 bits per heavy atom. The number of benzene rings is 1. The van der Waals surface area contributed by atoms with Crippen LogP contribution in [0.15, 0.2) is 22.7 Å². The number of imidazole rings is 1. The largest absolute Gasteiger partial charge is 0.444 e. The first-order valence-corrected chi connectivity index (χ1v) is 8.11. The van der Waals surface area contributed by atoms with Gasteiger partial charge in [-0.25, -0.2) is 9.78 Å². The van der Waals surface area contributed by atoms with Crippen LogP contribution in [-0.4, -0.2) is 33.6 Å². The van der Waals surface area contributed by atoms with Crippen molar-refractivity contribution < 1.29 is 9.53 Å². The van der Waals surface area contributed by atoms with Gasteiger partial charge in [0.05, 0.1) is 17.1 Å². The average molecular weight is 368 g/mol. The van der Waals surface area contributed by atoms with Gasteiger partial charge in [0.15, 0.2) is 0 Å². The highest BCUT2D eigenvalue weighted by Crippen LogP contribution is 2.26. The summed E-state index contributed by atoms with van der Waals surface area (Å²) in [5, 5.41) is 0. The number of nitrogens with one attached hydrogen (secondary N) is 1. The van der Waals surface area contributed by atoms with Crippen molar-refractivity contribution in [3.8, 4) is 0 Å². The van der Waals surface area contributed by atoms with Gasteiger partial charge in [0.2, 0.25) is 0 Å². The second-order valence-electron chi connectivity index (χ2n) is 6.30. The summed E-state index contributed by atoms with van der Waals surface area (Å²) >= 11 is 3.45. The maximum atomic E-state index is 12.3. The summed E-state index contributed by atoms with van der Waals surface area (Å²) in [6.45, 7) is 7.60. The van der Waals surface area contributed by atoms with Crippen molar-refractivity contribution in [2.75, 3.05) is 7.05 Å². The summed E-state index contributed by atoms with van der Waals surface area (Å²) in [4.78, 5) is 21.7. The lowest BCUT2D eigenvalue weighted by Crippen LogP contribution is -2.36. The molecule has 0 aliphatic rings. The first kappa shape index (κ1) is 16.8. The van der Waals surface area contributed by atoms with Gasteiger partial charge >= 0.3 is 6.09 Å². The van der Waals surface area contributed by atoms with Gasteiger partial charge < -0.3 is 14.6 Å². The second kappa shape index (κ2) is 6.28. The van der Waals surface area contributed by atoms with Crippen molar-refractivity contribution in [3.63, 3.8) is 0 Å². The van der Waals surface area contributed by atoms with E-state index in [4.69, 9.17) is 4.74 Å². The van der Waals surface area contributed by atoms with E-state index in [9.17, 15) is 4.79 Å². The molecule has 5 nitrogen and oxygen atoms in total. The van der Waals surface area contributed by atoms with E-state index in [1.807, 2.05) is 45.9 Å². The van der Waals surface area contributed by atoms with Gasteiger partial charge in [-0.05, 0) is 45.4 Å². The zero-order valence-electron chi connectivity index (χ0n) is 13.6. The van der Waals surface area contributed by atoms with Crippen LogP contribution in [0.25, 0.3) is 11.0 Å². The van der Waals surface area contributed by atoms with E-state index < -0.39 is 5.60 Å². The molecular weight excluding hydrogens is 346 g/mol. The van der Waals surface area contributed by atoms with Crippen LogP contribution in [0.4, 0.5) is 4.79 Å². The number of H-pyrrole nitrogens is 1. The van der Waals surface area contributed by atoms with Crippen LogP contribution in [-0.2, 0) is 4.74 Å². The van der Waals surface area contributed by atoms with E-state index in [1.54, 1.807) is 11.9 Å². The Hall–Kier alpha value is -1.56. The molecule has 1 unspecified atom stereocenters. The lowest BCUT2D eigenvalue weighted by atomic mass is 10.2. The number of fused-ring (bicyclic) bond motifs is 1. The van der Waals surface area contributed by atoms with E-state index in [2.05, 4.69) is 25.9 Å². The molecule has 1 aromatic heterocycles. The highest BCUT2D eigenvalue weighted by atomic mass is 79.9. The van der Waals surface area contributed by atoms with Gasteiger partial charge in [0, 0.05) is 11.5 Å². The average Bonchev–Trinajstić information content (AvgIpc) is 2.79. The predicted molar refractivity (Wildman–Crippen MR) is 90.8 cm³/mol. The highest BCUT2D eigenvalue weighted by Gasteiger charge is 2.27. The molecular formula is C16H22BrN3O2. The second-order valence-corrected chi connectivity index (χ2v) is 7.21. The normalized spacial score (nSPS) is 13.2. The van der Waals surface area contributed by atoms with Crippen LogP contribution in [0.3, 0.4) is 0 Å². The van der Waals surface area contributed by atoms with Gasteiger partial charge in [-0.3, -0.25) is 0 Å². The lowest BCUT2D eigenvalue weighted by Gasteiger charge is -2.29. The number of carbonyl (C=O) groups excluding carboxylic acids is 1. The fraction of sp³-hybridized carbons (Fsp3) is 0.500. The molecule has 1 N–H and O–H groups in total. The van der Waals surface area contributed by atoms with E-state index in [1.165, 1.54) is 0 Å². The number of hydrogen-bond donors (Lipinski definition) is 1. The summed E-state index contributed by atoms with van der Waals surface area (Å²) in [5.41, 5.74) is 1.32. The minimum Gasteiger partial charge on any atom is -0.444 e. The van der Waals surface area contributed by atoms with Crippen LogP contribution in [0.1, 0.15) is 46.0 Å². The Morgan fingerprint density at radius 1 is 1.45 bits per heavy atom. The summed E-state index contributed by atoms with van der Waals surface area (Å²) < 4.78 is 6.42. The molecule has 0 fully saturated rings. The highest BCUT2D eigenvalue weighted by molar-refractivity contribution is 9.10. The Kier molecular flexibility index (Phi) is 4.80. The molecule has 0 bridgehead atoms. The van der Waals surface area contributed by atoms with Crippen molar-refractivity contribution >= 4 is 33.1 Å². The summed E-state index contributed by atoms with van der Waals surface area (Å²) in [6.07, 6.45) is 0.400. The standard InChI is InChI=1S/C16H22BrN3O2/c1-6-13(20(5)15(21)22-16(2,3)4)14-18-11-8-7-10(17)9-12(11)19-14/h7-9,13H,6H2,1-5H3,(H,18,19). The molecule has 0 aliphatic heterocycles. The Bertz CT molecular complexity index is 676. The molecule has 2 aromatic rings. The third kappa shape index (κ3) is 3.80. The van der Waals surface area contributed by atoms with Crippen molar-refractivity contribution in [1.82, 2.24) is 14.9 Å². The summed E-state index contributed by atoms with van der Waals surface area (Å²) in [5.74, 6) is 0.768. The number of carbonyl (C=O) groups is 1. The summed E-state index contributed by atoms with van der Waals surface area (Å²) in [6, 6.07) is 5.72. The topological polar surface area (TPSA) is 58.2 Å². The monoisotopic (exact) mass is 367 g/mol. The van der Waals surface area contributed by atoms with E-state index in [-0.39, 0.29) is 12.1 Å². The van der Waals surface area contributed by atoms with E-state index in [0.29, 0.717) is 0 Å². The van der Waals surface area contributed by atoms with Gasteiger partial charge in [-0.2, -0.15) is 0 Å². The number of rotatable bonds is 3. The number of nitrogens with zero attached hydrogens (tertiary/aromatic N) is 2. The zero-order valence-corrected chi connectivity index (χ0v) is 15.2. The smallest absolute Gasteiger partial charge is 0.410 e. The van der Waals surface area contributed by atoms with Crippen LogP contribution in [0.5, 0.6) is 0 Å². The van der Waals surface area contributed by atoms with Crippen LogP contribution in [0.2, 0.25) is 0 Å². The van der Waals surface area contributed by atoms with E-state index in [0.717, 1.165) is 27.8 Å². The molecule has 0 saturated heterocycles. The summed E-state index contributed by atoms with van der Waals surface area (Å²) in [7, 11) is 1.74. The van der Waals surface area contributed by atoms with Gasteiger partial charge in [0.1, 0.15) is 11.4 Å². The number of halogens is 1. The number of aromatic amines is 1. The first-order valence-electron chi connectivity index (χ1n) is 7.32. The van der Waals surface area contributed by atoms with Crippen molar-refractivity contribution in [2.45, 2.75) is 45.8 Å².